The van der Waals surface area contributed by atoms with Crippen molar-refractivity contribution in [2.75, 3.05) is 10.6 Å². The molecule has 0 aliphatic rings. The second kappa shape index (κ2) is 7.49. The maximum absolute atomic E-state index is 13.0. The zero-order valence-corrected chi connectivity index (χ0v) is 14.7. The highest BCUT2D eigenvalue weighted by Crippen LogP contribution is 2.22. The standard InChI is InChI=1S/C19H18ClFN4/c1-12-3-8-16(10-17(12)20)24-19-23-13(2)9-18(25-19)22-11-14-4-6-15(21)7-5-14/h3-10H,11H2,1-2H3,(H2,22,23,24,25). The number of aromatic nitrogens is 2. The van der Waals surface area contributed by atoms with Crippen LogP contribution in [0.2, 0.25) is 5.02 Å². The van der Waals surface area contributed by atoms with Gasteiger partial charge in [-0.3, -0.25) is 0 Å². The largest absolute Gasteiger partial charge is 0.366 e. The number of hydrogen-bond donors (Lipinski definition) is 2. The summed E-state index contributed by atoms with van der Waals surface area (Å²) in [4.78, 5) is 8.86. The quantitative estimate of drug-likeness (QED) is 0.656. The van der Waals surface area contributed by atoms with Gasteiger partial charge < -0.3 is 10.6 Å². The van der Waals surface area contributed by atoms with Gasteiger partial charge in [-0.1, -0.05) is 29.8 Å². The van der Waals surface area contributed by atoms with Crippen molar-refractivity contribution >= 4 is 29.1 Å². The molecule has 0 radical (unpaired) electrons. The lowest BCUT2D eigenvalue weighted by molar-refractivity contribution is 0.627. The molecule has 0 saturated heterocycles. The van der Waals surface area contributed by atoms with Crippen LogP contribution in [-0.2, 0) is 6.54 Å². The normalized spacial score (nSPS) is 10.6. The summed E-state index contributed by atoms with van der Waals surface area (Å²) >= 11 is 6.15. The zero-order valence-electron chi connectivity index (χ0n) is 14.0. The first kappa shape index (κ1) is 17.2. The van der Waals surface area contributed by atoms with Crippen LogP contribution in [0.1, 0.15) is 16.8 Å². The molecule has 0 bridgehead atoms. The van der Waals surface area contributed by atoms with E-state index in [4.69, 9.17) is 11.6 Å². The van der Waals surface area contributed by atoms with Gasteiger partial charge >= 0.3 is 0 Å². The third kappa shape index (κ3) is 4.67. The summed E-state index contributed by atoms with van der Waals surface area (Å²) in [6.07, 6.45) is 0. The van der Waals surface area contributed by atoms with E-state index in [-0.39, 0.29) is 5.82 Å². The lowest BCUT2D eigenvalue weighted by Gasteiger charge is -2.11. The molecule has 0 spiro atoms. The summed E-state index contributed by atoms with van der Waals surface area (Å²) in [6, 6.07) is 13.9. The van der Waals surface area contributed by atoms with Gasteiger partial charge in [0, 0.05) is 29.0 Å². The van der Waals surface area contributed by atoms with Crippen molar-refractivity contribution in [2.45, 2.75) is 20.4 Å². The number of rotatable bonds is 5. The Kier molecular flexibility index (Phi) is 5.14. The molecule has 0 saturated carbocycles. The summed E-state index contributed by atoms with van der Waals surface area (Å²) in [5.74, 6) is 0.934. The fourth-order valence-electron chi connectivity index (χ4n) is 2.31. The van der Waals surface area contributed by atoms with Gasteiger partial charge in [-0.25, -0.2) is 9.37 Å². The first-order valence-corrected chi connectivity index (χ1v) is 8.24. The van der Waals surface area contributed by atoms with E-state index in [0.717, 1.165) is 22.5 Å². The van der Waals surface area contributed by atoms with Gasteiger partial charge in [0.15, 0.2) is 0 Å². The summed E-state index contributed by atoms with van der Waals surface area (Å²) in [5.41, 5.74) is 3.64. The van der Waals surface area contributed by atoms with Gasteiger partial charge in [-0.2, -0.15) is 4.98 Å². The van der Waals surface area contributed by atoms with Crippen molar-refractivity contribution in [3.63, 3.8) is 0 Å². The second-order valence-electron chi connectivity index (χ2n) is 5.79. The van der Waals surface area contributed by atoms with Crippen LogP contribution in [0, 0.1) is 19.7 Å². The van der Waals surface area contributed by atoms with Gasteiger partial charge in [-0.05, 0) is 49.2 Å². The van der Waals surface area contributed by atoms with E-state index >= 15 is 0 Å². The van der Waals surface area contributed by atoms with Crippen molar-refractivity contribution in [3.05, 3.63) is 76.2 Å². The fraction of sp³-hybridized carbons (Fsp3) is 0.158. The summed E-state index contributed by atoms with van der Waals surface area (Å²) < 4.78 is 13.0. The molecule has 0 fully saturated rings. The minimum Gasteiger partial charge on any atom is -0.366 e. The predicted molar refractivity (Wildman–Crippen MR) is 100.0 cm³/mol. The predicted octanol–water partition coefficient (Wildman–Crippen LogP) is 5.24. The van der Waals surface area contributed by atoms with E-state index in [2.05, 4.69) is 20.6 Å². The van der Waals surface area contributed by atoms with E-state index in [1.54, 1.807) is 12.1 Å². The summed E-state index contributed by atoms with van der Waals surface area (Å²) in [6.45, 7) is 4.40. The molecule has 1 heterocycles. The number of benzene rings is 2. The molecule has 0 aliphatic carbocycles. The Morgan fingerprint density at radius 1 is 1.00 bits per heavy atom. The first-order valence-electron chi connectivity index (χ1n) is 7.87. The Bertz CT molecular complexity index is 881. The molecule has 2 aromatic carbocycles. The van der Waals surface area contributed by atoms with E-state index in [9.17, 15) is 4.39 Å². The smallest absolute Gasteiger partial charge is 0.229 e. The molecule has 4 nitrogen and oxygen atoms in total. The number of aryl methyl sites for hydroxylation is 2. The average molecular weight is 357 g/mol. The average Bonchev–Trinajstić information content (AvgIpc) is 2.57. The first-order chi connectivity index (χ1) is 12.0. The molecule has 3 aromatic rings. The van der Waals surface area contributed by atoms with Crippen LogP contribution in [0.25, 0.3) is 0 Å². The Balaban J connectivity index is 1.73. The van der Waals surface area contributed by atoms with Gasteiger partial charge in [-0.15, -0.1) is 0 Å². The Hall–Kier alpha value is -2.66. The van der Waals surface area contributed by atoms with Crippen LogP contribution in [0.4, 0.5) is 21.8 Å². The minimum atomic E-state index is -0.245. The Labute approximate surface area is 151 Å². The monoisotopic (exact) mass is 356 g/mol. The Morgan fingerprint density at radius 3 is 2.48 bits per heavy atom. The van der Waals surface area contributed by atoms with Crippen molar-refractivity contribution in [3.8, 4) is 0 Å². The third-order valence-corrected chi connectivity index (χ3v) is 4.08. The van der Waals surface area contributed by atoms with E-state index < -0.39 is 0 Å². The molecule has 0 atom stereocenters. The molecule has 128 valence electrons. The van der Waals surface area contributed by atoms with Crippen LogP contribution in [0.5, 0.6) is 0 Å². The van der Waals surface area contributed by atoms with Gasteiger partial charge in [0.1, 0.15) is 11.6 Å². The zero-order chi connectivity index (χ0) is 17.8. The molecular weight excluding hydrogens is 339 g/mol. The minimum absolute atomic E-state index is 0.245. The number of hydrogen-bond acceptors (Lipinski definition) is 4. The fourth-order valence-corrected chi connectivity index (χ4v) is 2.49. The SMILES string of the molecule is Cc1cc(NCc2ccc(F)cc2)nc(Nc2ccc(C)c(Cl)c2)n1. The molecule has 0 unspecified atom stereocenters. The van der Waals surface area contributed by atoms with E-state index in [1.165, 1.54) is 12.1 Å². The molecule has 1 aromatic heterocycles. The van der Waals surface area contributed by atoms with Crippen LogP contribution in [0.15, 0.2) is 48.5 Å². The second-order valence-corrected chi connectivity index (χ2v) is 6.19. The lowest BCUT2D eigenvalue weighted by Crippen LogP contribution is -2.05. The third-order valence-electron chi connectivity index (χ3n) is 3.67. The molecule has 25 heavy (non-hydrogen) atoms. The van der Waals surface area contributed by atoms with Crippen LogP contribution >= 0.6 is 11.6 Å². The summed E-state index contributed by atoms with van der Waals surface area (Å²) in [7, 11) is 0. The number of nitrogens with one attached hydrogen (secondary N) is 2. The van der Waals surface area contributed by atoms with Crippen LogP contribution in [0.3, 0.4) is 0 Å². The number of halogens is 2. The molecular formula is C19H18ClFN4. The molecule has 0 aliphatic heterocycles. The molecule has 3 rings (SSSR count). The highest BCUT2D eigenvalue weighted by Gasteiger charge is 2.05. The van der Waals surface area contributed by atoms with Gasteiger partial charge in [0.25, 0.3) is 0 Å². The van der Waals surface area contributed by atoms with Crippen LogP contribution in [-0.4, -0.2) is 9.97 Å². The number of anilines is 3. The van der Waals surface area contributed by atoms with E-state index in [0.29, 0.717) is 23.3 Å². The molecule has 6 heteroatoms. The van der Waals surface area contributed by atoms with Crippen molar-refractivity contribution in [1.29, 1.82) is 0 Å². The molecule has 2 N–H and O–H groups in total. The summed E-state index contributed by atoms with van der Waals surface area (Å²) in [5, 5.41) is 7.08. The van der Waals surface area contributed by atoms with Crippen molar-refractivity contribution in [1.82, 2.24) is 9.97 Å². The maximum Gasteiger partial charge on any atom is 0.229 e. The van der Waals surface area contributed by atoms with Gasteiger partial charge in [0.05, 0.1) is 0 Å². The van der Waals surface area contributed by atoms with Crippen molar-refractivity contribution in [2.24, 2.45) is 0 Å². The van der Waals surface area contributed by atoms with E-state index in [1.807, 2.05) is 38.1 Å². The van der Waals surface area contributed by atoms with Crippen molar-refractivity contribution < 1.29 is 4.39 Å². The van der Waals surface area contributed by atoms with Gasteiger partial charge in [0.2, 0.25) is 5.95 Å². The highest BCUT2D eigenvalue weighted by molar-refractivity contribution is 6.31. The lowest BCUT2D eigenvalue weighted by atomic mass is 10.2. The maximum atomic E-state index is 13.0. The topological polar surface area (TPSA) is 49.8 Å². The Morgan fingerprint density at radius 2 is 1.76 bits per heavy atom. The number of nitrogens with zero attached hydrogens (tertiary/aromatic N) is 2. The highest BCUT2D eigenvalue weighted by atomic mass is 35.5. The van der Waals surface area contributed by atoms with Crippen LogP contribution < -0.4 is 10.6 Å². The molecule has 0 amide bonds.